The molecular formula is C21H30N2O5S. The molecule has 7 nitrogen and oxygen atoms in total. The van der Waals surface area contributed by atoms with E-state index in [9.17, 15) is 14.4 Å². The fraction of sp³-hybridized carbons (Fsp3) is 0.571. The molecule has 1 saturated heterocycles. The normalized spacial score (nSPS) is 18.6. The molecule has 0 spiro atoms. The van der Waals surface area contributed by atoms with E-state index in [1.807, 2.05) is 24.5 Å². The van der Waals surface area contributed by atoms with E-state index < -0.39 is 30.1 Å². The minimum Gasteiger partial charge on any atom is -0.464 e. The van der Waals surface area contributed by atoms with Crippen molar-refractivity contribution in [3.05, 3.63) is 35.9 Å². The number of ether oxygens (including phenoxy) is 2. The zero-order chi connectivity index (χ0) is 21.1. The summed E-state index contributed by atoms with van der Waals surface area (Å²) in [6, 6.07) is 9.58. The topological polar surface area (TPSA) is 97.0 Å². The third-order valence-corrected chi connectivity index (χ3v) is 5.19. The number of esters is 1. The molecule has 0 saturated carbocycles. The van der Waals surface area contributed by atoms with Crippen molar-refractivity contribution < 1.29 is 23.9 Å². The van der Waals surface area contributed by atoms with E-state index in [1.165, 1.54) is 5.56 Å². The number of unbranched alkanes of at least 4 members (excludes halogenated alkanes) is 1. The molecule has 0 bridgehead atoms. The second kappa shape index (κ2) is 12.5. The van der Waals surface area contributed by atoms with Crippen molar-refractivity contribution in [1.29, 1.82) is 0 Å². The highest BCUT2D eigenvalue weighted by molar-refractivity contribution is 7.98. The summed E-state index contributed by atoms with van der Waals surface area (Å²) in [5.41, 5.74) is 1.28. The van der Waals surface area contributed by atoms with Crippen molar-refractivity contribution in [3.63, 3.8) is 0 Å². The molecule has 2 N–H and O–H groups in total. The van der Waals surface area contributed by atoms with Crippen LogP contribution >= 0.6 is 11.8 Å². The van der Waals surface area contributed by atoms with Crippen LogP contribution in [0.4, 0.5) is 0 Å². The van der Waals surface area contributed by atoms with E-state index in [1.54, 1.807) is 18.7 Å². The molecular weight excluding hydrogens is 392 g/mol. The van der Waals surface area contributed by atoms with Gasteiger partial charge in [-0.2, -0.15) is 11.8 Å². The summed E-state index contributed by atoms with van der Waals surface area (Å²) in [6.07, 6.45) is 3.53. The van der Waals surface area contributed by atoms with Gasteiger partial charge in [-0.25, -0.2) is 4.79 Å². The first-order valence-electron chi connectivity index (χ1n) is 9.99. The summed E-state index contributed by atoms with van der Waals surface area (Å²) >= 11 is 1.60. The third kappa shape index (κ3) is 8.06. The smallest absolute Gasteiger partial charge is 0.338 e. The van der Waals surface area contributed by atoms with Gasteiger partial charge in [-0.05, 0) is 50.2 Å². The Morgan fingerprint density at radius 3 is 2.62 bits per heavy atom. The zero-order valence-electron chi connectivity index (χ0n) is 17.0. The lowest BCUT2D eigenvalue weighted by Crippen LogP contribution is -2.49. The largest absolute Gasteiger partial charge is 0.464 e. The van der Waals surface area contributed by atoms with Crippen LogP contribution in [0.3, 0.4) is 0 Å². The van der Waals surface area contributed by atoms with Gasteiger partial charge < -0.3 is 20.1 Å². The lowest BCUT2D eigenvalue weighted by Gasteiger charge is -2.17. The van der Waals surface area contributed by atoms with Crippen LogP contribution < -0.4 is 10.6 Å². The van der Waals surface area contributed by atoms with Gasteiger partial charge in [-0.1, -0.05) is 30.3 Å². The van der Waals surface area contributed by atoms with Crippen molar-refractivity contribution in [3.8, 4) is 0 Å². The van der Waals surface area contributed by atoms with Crippen LogP contribution in [0.5, 0.6) is 0 Å². The van der Waals surface area contributed by atoms with Gasteiger partial charge in [0, 0.05) is 6.54 Å². The van der Waals surface area contributed by atoms with Crippen LogP contribution in [0.1, 0.15) is 31.7 Å². The molecule has 0 radical (unpaired) electrons. The minimum absolute atomic E-state index is 0.208. The third-order valence-electron chi connectivity index (χ3n) is 4.55. The summed E-state index contributed by atoms with van der Waals surface area (Å²) < 4.78 is 9.95. The molecule has 0 aliphatic carbocycles. The number of amides is 2. The van der Waals surface area contributed by atoms with Gasteiger partial charge in [0.2, 0.25) is 5.91 Å². The number of nitrogens with one attached hydrogen (secondary N) is 2. The number of hydrogen-bond donors (Lipinski definition) is 2. The second-order valence-corrected chi connectivity index (χ2v) is 7.79. The molecule has 2 rings (SSSR count). The fourth-order valence-electron chi connectivity index (χ4n) is 2.91. The van der Waals surface area contributed by atoms with Crippen molar-refractivity contribution >= 4 is 29.5 Å². The van der Waals surface area contributed by atoms with E-state index in [4.69, 9.17) is 9.47 Å². The zero-order valence-corrected chi connectivity index (χ0v) is 17.8. The van der Waals surface area contributed by atoms with Crippen LogP contribution in [-0.4, -0.2) is 61.2 Å². The van der Waals surface area contributed by atoms with E-state index in [2.05, 4.69) is 22.8 Å². The van der Waals surface area contributed by atoms with Crippen LogP contribution in [0.15, 0.2) is 30.3 Å². The van der Waals surface area contributed by atoms with E-state index in [0.29, 0.717) is 13.0 Å². The van der Waals surface area contributed by atoms with Gasteiger partial charge in [0.05, 0.1) is 6.61 Å². The summed E-state index contributed by atoms with van der Waals surface area (Å²) in [4.78, 5) is 36.4. The van der Waals surface area contributed by atoms with Crippen LogP contribution in [-0.2, 0) is 30.3 Å². The number of benzene rings is 1. The molecule has 1 aromatic carbocycles. The molecule has 8 heteroatoms. The highest BCUT2D eigenvalue weighted by atomic mass is 32.2. The average molecular weight is 423 g/mol. The lowest BCUT2D eigenvalue weighted by atomic mass is 10.1. The van der Waals surface area contributed by atoms with Crippen molar-refractivity contribution in [2.45, 2.75) is 50.9 Å². The minimum atomic E-state index is -0.871. The first-order chi connectivity index (χ1) is 14.1. The molecule has 1 heterocycles. The number of epoxide rings is 1. The maximum Gasteiger partial charge on any atom is 0.338 e. The van der Waals surface area contributed by atoms with E-state index in [0.717, 1.165) is 25.0 Å². The van der Waals surface area contributed by atoms with Gasteiger partial charge in [-0.3, -0.25) is 9.59 Å². The summed E-state index contributed by atoms with van der Waals surface area (Å²) in [7, 11) is 0. The number of carbonyl (C=O) groups is 3. The predicted molar refractivity (Wildman–Crippen MR) is 113 cm³/mol. The van der Waals surface area contributed by atoms with Crippen LogP contribution in [0.25, 0.3) is 0 Å². The number of carbonyl (C=O) groups excluding carboxylic acids is 3. The maximum atomic E-state index is 12.5. The summed E-state index contributed by atoms with van der Waals surface area (Å²) in [5.74, 6) is -0.468. The molecule has 3 atom stereocenters. The molecule has 1 aromatic rings. The van der Waals surface area contributed by atoms with Crippen molar-refractivity contribution in [2.24, 2.45) is 0 Å². The van der Waals surface area contributed by atoms with Gasteiger partial charge in [0.25, 0.3) is 5.91 Å². The molecule has 1 aliphatic heterocycles. The molecule has 1 fully saturated rings. The predicted octanol–water partition coefficient (Wildman–Crippen LogP) is 1.69. The first kappa shape index (κ1) is 23.2. The molecule has 1 aliphatic rings. The Bertz CT molecular complexity index is 670. The van der Waals surface area contributed by atoms with Crippen LogP contribution in [0.2, 0.25) is 0 Å². The maximum absolute atomic E-state index is 12.5. The Kier molecular flexibility index (Phi) is 10.0. The number of thioether (sulfide) groups is 1. The molecule has 160 valence electrons. The first-order valence-corrected chi connectivity index (χ1v) is 11.4. The van der Waals surface area contributed by atoms with E-state index in [-0.39, 0.29) is 12.5 Å². The SMILES string of the molecule is CCOC(=O)[C@H]1O[C@@H]1C(=O)N[C@@H](CCSC)C(=O)NCCCCc1ccccc1. The molecule has 2 amide bonds. The number of aryl methyl sites for hydroxylation is 1. The lowest BCUT2D eigenvalue weighted by molar-refractivity contribution is -0.144. The van der Waals surface area contributed by atoms with Gasteiger partial charge in [-0.15, -0.1) is 0 Å². The highest BCUT2D eigenvalue weighted by Crippen LogP contribution is 2.24. The van der Waals surface area contributed by atoms with Crippen molar-refractivity contribution in [2.75, 3.05) is 25.2 Å². The standard InChI is InChI=1S/C21H30N2O5S/c1-3-27-21(26)18-17(28-18)20(25)23-16(12-14-29-2)19(24)22-13-8-7-11-15-9-5-4-6-10-15/h4-6,9-10,16-18H,3,7-8,11-14H2,1-2H3,(H,22,24)(H,23,25)/t16-,17-,18-/m0/s1. The summed E-state index contributed by atoms with van der Waals surface area (Å²) in [6.45, 7) is 2.48. The van der Waals surface area contributed by atoms with E-state index >= 15 is 0 Å². The fourth-order valence-corrected chi connectivity index (χ4v) is 3.38. The Hall–Kier alpha value is -2.06. The Labute approximate surface area is 176 Å². The second-order valence-electron chi connectivity index (χ2n) is 6.81. The van der Waals surface area contributed by atoms with Crippen molar-refractivity contribution in [1.82, 2.24) is 10.6 Å². The van der Waals surface area contributed by atoms with Gasteiger partial charge in [0.15, 0.2) is 12.2 Å². The number of rotatable bonds is 13. The van der Waals surface area contributed by atoms with Gasteiger partial charge in [0.1, 0.15) is 6.04 Å². The quantitative estimate of drug-likeness (QED) is 0.285. The summed E-state index contributed by atoms with van der Waals surface area (Å²) in [5, 5.41) is 5.61. The Balaban J connectivity index is 1.72. The molecule has 29 heavy (non-hydrogen) atoms. The Morgan fingerprint density at radius 1 is 1.17 bits per heavy atom. The highest BCUT2D eigenvalue weighted by Gasteiger charge is 2.52. The Morgan fingerprint density at radius 2 is 1.93 bits per heavy atom. The molecule has 0 aromatic heterocycles. The monoisotopic (exact) mass is 422 g/mol. The molecule has 0 unspecified atom stereocenters. The van der Waals surface area contributed by atoms with Crippen LogP contribution in [0, 0.1) is 0 Å². The number of hydrogen-bond acceptors (Lipinski definition) is 6. The van der Waals surface area contributed by atoms with Gasteiger partial charge >= 0.3 is 5.97 Å². The average Bonchev–Trinajstić information content (AvgIpc) is 3.53.